The van der Waals surface area contributed by atoms with Gasteiger partial charge in [0.1, 0.15) is 0 Å². The first-order valence-corrected chi connectivity index (χ1v) is 7.60. The van der Waals surface area contributed by atoms with Crippen LogP contribution in [0.2, 0.25) is 0 Å². The molecule has 3 N–H and O–H groups in total. The van der Waals surface area contributed by atoms with Crippen LogP contribution in [0.15, 0.2) is 11.2 Å². The Labute approximate surface area is 119 Å². The molecule has 0 bridgehead atoms. The molecule has 7 nitrogen and oxygen atoms in total. The van der Waals surface area contributed by atoms with Gasteiger partial charge >= 0.3 is 0 Å². The normalized spacial score (nSPS) is 18.2. The quantitative estimate of drug-likeness (QED) is 0.799. The number of aromatic nitrogens is 3. The Bertz CT molecular complexity index is 498. The maximum absolute atomic E-state index is 12.2. The maximum atomic E-state index is 12.2. The largest absolute Gasteiger partial charge is 0.329 e. The molecule has 1 aliphatic carbocycles. The molecule has 0 radical (unpaired) electrons. The van der Waals surface area contributed by atoms with Crippen molar-refractivity contribution in [1.82, 2.24) is 19.7 Å². The van der Waals surface area contributed by atoms with Crippen molar-refractivity contribution in [3.05, 3.63) is 6.20 Å². The molecule has 0 aromatic carbocycles. The van der Waals surface area contributed by atoms with Crippen LogP contribution in [0.4, 0.5) is 0 Å². The molecule has 0 spiro atoms. The number of hydrogen-bond donors (Lipinski definition) is 2. The zero-order valence-electron chi connectivity index (χ0n) is 10.8. The summed E-state index contributed by atoms with van der Waals surface area (Å²) in [5.41, 5.74) is 5.69. The SMILES string of the molecule is Cl.Cn1nncc1S(=O)(=O)NC(CN)C1CCCC1. The van der Waals surface area contributed by atoms with Gasteiger partial charge in [-0.25, -0.2) is 17.8 Å². The fourth-order valence-corrected chi connectivity index (χ4v) is 3.86. The first kappa shape index (κ1) is 16.4. The first-order valence-electron chi connectivity index (χ1n) is 6.11. The molecule has 1 heterocycles. The number of rotatable bonds is 5. The summed E-state index contributed by atoms with van der Waals surface area (Å²) in [6.07, 6.45) is 5.61. The van der Waals surface area contributed by atoms with Gasteiger partial charge < -0.3 is 5.73 Å². The molecule has 2 rings (SSSR count). The highest BCUT2D eigenvalue weighted by atomic mass is 35.5. The fraction of sp³-hybridized carbons (Fsp3) is 0.800. The summed E-state index contributed by atoms with van der Waals surface area (Å²) in [5, 5.41) is 7.28. The van der Waals surface area contributed by atoms with Crippen LogP contribution in [0.5, 0.6) is 0 Å². The average molecular weight is 310 g/mol. The van der Waals surface area contributed by atoms with E-state index in [4.69, 9.17) is 5.73 Å². The van der Waals surface area contributed by atoms with Gasteiger partial charge in [-0.05, 0) is 18.8 Å². The molecule has 0 saturated heterocycles. The molecule has 1 aromatic rings. The molecule has 1 unspecified atom stereocenters. The number of nitrogens with one attached hydrogen (secondary N) is 1. The van der Waals surface area contributed by atoms with Gasteiger partial charge in [0, 0.05) is 19.6 Å². The molecule has 19 heavy (non-hydrogen) atoms. The minimum Gasteiger partial charge on any atom is -0.329 e. The van der Waals surface area contributed by atoms with E-state index in [1.165, 1.54) is 10.9 Å². The van der Waals surface area contributed by atoms with Gasteiger partial charge in [-0.3, -0.25) is 0 Å². The molecule has 1 atom stereocenters. The van der Waals surface area contributed by atoms with Gasteiger partial charge in [0.15, 0.2) is 5.03 Å². The second-order valence-electron chi connectivity index (χ2n) is 4.70. The lowest BCUT2D eigenvalue weighted by molar-refractivity contribution is 0.404. The molecule has 9 heteroatoms. The predicted octanol–water partition coefficient (Wildman–Crippen LogP) is 0.0327. The number of nitrogens with zero attached hydrogens (tertiary/aromatic N) is 3. The van der Waals surface area contributed by atoms with Crippen molar-refractivity contribution in [2.75, 3.05) is 6.54 Å². The smallest absolute Gasteiger partial charge is 0.259 e. The van der Waals surface area contributed by atoms with Crippen LogP contribution in [0.25, 0.3) is 0 Å². The second-order valence-corrected chi connectivity index (χ2v) is 6.36. The summed E-state index contributed by atoms with van der Waals surface area (Å²) in [5.74, 6) is 0.339. The van der Waals surface area contributed by atoms with Crippen molar-refractivity contribution < 1.29 is 8.42 Å². The highest BCUT2D eigenvalue weighted by molar-refractivity contribution is 7.89. The molecule has 110 valence electrons. The fourth-order valence-electron chi connectivity index (χ4n) is 2.48. The summed E-state index contributed by atoms with van der Waals surface area (Å²) in [6.45, 7) is 0.315. The number of aryl methyl sites for hydroxylation is 1. The lowest BCUT2D eigenvalue weighted by Gasteiger charge is -2.22. The zero-order valence-corrected chi connectivity index (χ0v) is 12.5. The van der Waals surface area contributed by atoms with Crippen LogP contribution in [0.3, 0.4) is 0 Å². The van der Waals surface area contributed by atoms with E-state index in [1.807, 2.05) is 0 Å². The van der Waals surface area contributed by atoms with Crippen LogP contribution in [-0.4, -0.2) is 36.0 Å². The Morgan fingerprint density at radius 1 is 1.53 bits per heavy atom. The third-order valence-corrected chi connectivity index (χ3v) is 5.01. The molecule has 0 amide bonds. The third-order valence-electron chi connectivity index (χ3n) is 3.48. The Kier molecular flexibility index (Phi) is 5.72. The van der Waals surface area contributed by atoms with Crippen molar-refractivity contribution in [3.8, 4) is 0 Å². The highest BCUT2D eigenvalue weighted by Gasteiger charge is 2.29. The molecule has 1 fully saturated rings. The van der Waals surface area contributed by atoms with Crippen LogP contribution >= 0.6 is 12.4 Å². The molecular formula is C10H20ClN5O2S. The average Bonchev–Trinajstić information content (AvgIpc) is 2.96. The van der Waals surface area contributed by atoms with Crippen molar-refractivity contribution in [3.63, 3.8) is 0 Å². The zero-order chi connectivity index (χ0) is 13.2. The van der Waals surface area contributed by atoms with Crippen molar-refractivity contribution >= 4 is 22.4 Å². The van der Waals surface area contributed by atoms with E-state index in [1.54, 1.807) is 7.05 Å². The second kappa shape index (κ2) is 6.65. The van der Waals surface area contributed by atoms with E-state index in [0.717, 1.165) is 25.7 Å². The maximum Gasteiger partial charge on any atom is 0.259 e. The summed E-state index contributed by atoms with van der Waals surface area (Å²) in [6, 6.07) is -0.201. The number of halogens is 1. The van der Waals surface area contributed by atoms with Gasteiger partial charge in [-0.1, -0.05) is 18.1 Å². The predicted molar refractivity (Wildman–Crippen MR) is 73.4 cm³/mol. The molecule has 1 aliphatic rings. The monoisotopic (exact) mass is 309 g/mol. The van der Waals surface area contributed by atoms with Crippen molar-refractivity contribution in [2.24, 2.45) is 18.7 Å². The Hall–Kier alpha value is -0.700. The summed E-state index contributed by atoms with van der Waals surface area (Å²) in [7, 11) is -2.04. The van der Waals surface area contributed by atoms with Gasteiger partial charge in [0.25, 0.3) is 10.0 Å². The highest BCUT2D eigenvalue weighted by Crippen LogP contribution is 2.28. The minimum absolute atomic E-state index is 0. The molecule has 1 aromatic heterocycles. The van der Waals surface area contributed by atoms with Crippen molar-refractivity contribution in [1.29, 1.82) is 0 Å². The lowest BCUT2D eigenvalue weighted by Crippen LogP contribution is -2.44. The van der Waals surface area contributed by atoms with Gasteiger partial charge in [-0.15, -0.1) is 17.5 Å². The first-order chi connectivity index (χ1) is 8.54. The number of nitrogens with two attached hydrogens (primary N) is 1. The van der Waals surface area contributed by atoms with E-state index in [2.05, 4.69) is 15.0 Å². The molecular weight excluding hydrogens is 290 g/mol. The van der Waals surface area contributed by atoms with Crippen molar-refractivity contribution in [2.45, 2.75) is 36.8 Å². The summed E-state index contributed by atoms with van der Waals surface area (Å²) >= 11 is 0. The van der Waals surface area contributed by atoms with E-state index < -0.39 is 10.0 Å². The summed E-state index contributed by atoms with van der Waals surface area (Å²) in [4.78, 5) is 0. The van der Waals surface area contributed by atoms with Crippen LogP contribution in [-0.2, 0) is 17.1 Å². The molecule has 0 aliphatic heterocycles. The van der Waals surface area contributed by atoms with Crippen LogP contribution in [0, 0.1) is 5.92 Å². The van der Waals surface area contributed by atoms with E-state index in [-0.39, 0.29) is 23.5 Å². The minimum atomic E-state index is -3.59. The standard InChI is InChI=1S/C10H19N5O2S.ClH/c1-15-10(7-12-14-15)18(16,17)13-9(6-11)8-4-2-3-5-8;/h7-9,13H,2-6,11H2,1H3;1H. The lowest BCUT2D eigenvalue weighted by atomic mass is 9.99. The third kappa shape index (κ3) is 3.65. The summed E-state index contributed by atoms with van der Waals surface area (Å²) < 4.78 is 28.3. The van der Waals surface area contributed by atoms with E-state index in [0.29, 0.717) is 12.5 Å². The van der Waals surface area contributed by atoms with Crippen LogP contribution < -0.4 is 10.5 Å². The van der Waals surface area contributed by atoms with Gasteiger partial charge in [-0.2, -0.15) is 0 Å². The van der Waals surface area contributed by atoms with E-state index >= 15 is 0 Å². The number of sulfonamides is 1. The van der Waals surface area contributed by atoms with Gasteiger partial charge in [0.2, 0.25) is 0 Å². The Morgan fingerprint density at radius 2 is 2.16 bits per heavy atom. The van der Waals surface area contributed by atoms with Crippen LogP contribution in [0.1, 0.15) is 25.7 Å². The molecule has 1 saturated carbocycles. The Balaban J connectivity index is 0.00000180. The number of hydrogen-bond acceptors (Lipinski definition) is 5. The Morgan fingerprint density at radius 3 is 2.63 bits per heavy atom. The topological polar surface area (TPSA) is 103 Å². The van der Waals surface area contributed by atoms with Gasteiger partial charge in [0.05, 0.1) is 6.20 Å². The van der Waals surface area contributed by atoms with E-state index in [9.17, 15) is 8.42 Å².